The van der Waals surface area contributed by atoms with Crippen molar-refractivity contribution in [2.24, 2.45) is 10.7 Å². The molecular weight excluding hydrogens is 442 g/mol. The van der Waals surface area contributed by atoms with Gasteiger partial charge in [-0.2, -0.15) is 0 Å². The summed E-state index contributed by atoms with van der Waals surface area (Å²) in [6.45, 7) is 9.78. The Morgan fingerprint density at radius 2 is 1.97 bits per heavy atom. The van der Waals surface area contributed by atoms with Crippen LogP contribution in [0, 0.1) is 0 Å². The number of piperazine rings is 1. The summed E-state index contributed by atoms with van der Waals surface area (Å²) in [5.74, 6) is -1.22. The second-order valence-electron chi connectivity index (χ2n) is 9.06. The zero-order chi connectivity index (χ0) is 24.7. The van der Waals surface area contributed by atoms with Crippen molar-refractivity contribution in [2.75, 3.05) is 52.5 Å². The third-order valence-electron chi connectivity index (χ3n) is 6.85. The Bertz CT molecular complexity index is 784. The molecule has 5 N–H and O–H groups in total. The Morgan fingerprint density at radius 3 is 2.56 bits per heavy atom. The van der Waals surface area contributed by atoms with E-state index in [1.54, 1.807) is 0 Å². The van der Waals surface area contributed by atoms with Crippen molar-refractivity contribution in [3.8, 4) is 0 Å². The molecular formula is C22H37N7O5. The van der Waals surface area contributed by atoms with E-state index in [2.05, 4.69) is 39.1 Å². The second-order valence-corrected chi connectivity index (χ2v) is 9.06. The summed E-state index contributed by atoms with van der Waals surface area (Å²) in [4.78, 5) is 46.5. The molecule has 3 heterocycles. The van der Waals surface area contributed by atoms with Gasteiger partial charge in [0.25, 0.3) is 5.91 Å². The molecule has 0 aromatic rings. The lowest BCUT2D eigenvalue weighted by Gasteiger charge is -2.47. The summed E-state index contributed by atoms with van der Waals surface area (Å²) in [7, 11) is 0. The number of aliphatic imine (C=N–C) groups is 1. The number of carbonyl (C=O) groups excluding carboxylic acids is 3. The number of nitrogens with zero attached hydrogens (tertiary/aromatic N) is 4. The maximum Gasteiger partial charge on any atom is 0.272 e. The number of nitrogens with two attached hydrogens (primary N) is 1. The fourth-order valence-corrected chi connectivity index (χ4v) is 4.86. The van der Waals surface area contributed by atoms with Gasteiger partial charge in [0.15, 0.2) is 5.82 Å². The maximum absolute atomic E-state index is 12.8. The fourth-order valence-electron chi connectivity index (χ4n) is 4.86. The molecule has 3 rings (SSSR count). The minimum absolute atomic E-state index is 0.115. The van der Waals surface area contributed by atoms with Gasteiger partial charge in [0, 0.05) is 44.8 Å². The molecule has 0 aromatic carbocycles. The highest BCUT2D eigenvalue weighted by molar-refractivity contribution is 5.98. The van der Waals surface area contributed by atoms with Crippen molar-refractivity contribution in [3.05, 3.63) is 11.5 Å². The molecule has 190 valence electrons. The highest BCUT2D eigenvalue weighted by atomic mass is 16.5. The highest BCUT2D eigenvalue weighted by Gasteiger charge is 2.34. The SMILES string of the molecule is C=N/C(N)=C(\NC(=O)CN1CCN(C2CCN(C=O)CC2)C(CC)C1)C(=O)NC1COCC1O. The molecule has 0 aromatic heterocycles. The van der Waals surface area contributed by atoms with Gasteiger partial charge in [-0.25, -0.2) is 4.99 Å². The number of piperidine rings is 1. The van der Waals surface area contributed by atoms with Crippen LogP contribution in [-0.4, -0.2) is 121 Å². The average molecular weight is 480 g/mol. The van der Waals surface area contributed by atoms with Crippen LogP contribution in [0.1, 0.15) is 26.2 Å². The van der Waals surface area contributed by atoms with E-state index in [-0.39, 0.29) is 37.2 Å². The van der Waals surface area contributed by atoms with Gasteiger partial charge in [-0.3, -0.25) is 24.2 Å². The molecule has 3 amide bonds. The summed E-state index contributed by atoms with van der Waals surface area (Å²) in [6.07, 6.45) is 2.98. The Labute approximate surface area is 200 Å². The average Bonchev–Trinajstić information content (AvgIpc) is 3.25. The van der Waals surface area contributed by atoms with Gasteiger partial charge in [-0.15, -0.1) is 0 Å². The van der Waals surface area contributed by atoms with Crippen molar-refractivity contribution >= 4 is 24.9 Å². The number of rotatable bonds is 9. The lowest BCUT2D eigenvalue weighted by molar-refractivity contribution is -0.125. The zero-order valence-corrected chi connectivity index (χ0v) is 19.8. The standard InChI is InChI=1S/C22H37N7O5/c1-3-15-10-28(8-9-29(15)16-4-6-27(14-30)7-5-16)11-19(32)26-20(21(23)24-2)22(33)25-17-12-34-13-18(17)31/h14-18,31H,2-13,23H2,1H3,(H,25,33)(H,26,32)/b21-20-. The molecule has 0 spiro atoms. The van der Waals surface area contributed by atoms with Crippen LogP contribution in [0.3, 0.4) is 0 Å². The van der Waals surface area contributed by atoms with E-state index in [0.717, 1.165) is 58.4 Å². The van der Waals surface area contributed by atoms with Crippen LogP contribution < -0.4 is 16.4 Å². The Morgan fingerprint density at radius 1 is 1.24 bits per heavy atom. The first-order valence-electron chi connectivity index (χ1n) is 11.9. The molecule has 0 radical (unpaired) electrons. The lowest BCUT2D eigenvalue weighted by atomic mass is 9.98. The number of aliphatic hydroxyl groups excluding tert-OH is 1. The zero-order valence-electron chi connectivity index (χ0n) is 19.8. The molecule has 3 aliphatic heterocycles. The summed E-state index contributed by atoms with van der Waals surface area (Å²) >= 11 is 0. The lowest BCUT2D eigenvalue weighted by Crippen LogP contribution is -2.59. The van der Waals surface area contributed by atoms with E-state index in [9.17, 15) is 19.5 Å². The van der Waals surface area contributed by atoms with Crippen LogP contribution >= 0.6 is 0 Å². The third kappa shape index (κ3) is 6.53. The van der Waals surface area contributed by atoms with E-state index < -0.39 is 18.1 Å². The maximum atomic E-state index is 12.8. The van der Waals surface area contributed by atoms with Gasteiger partial charge in [-0.1, -0.05) is 6.92 Å². The molecule has 0 bridgehead atoms. The molecule has 34 heavy (non-hydrogen) atoms. The molecule has 3 atom stereocenters. The minimum Gasteiger partial charge on any atom is -0.388 e. The Balaban J connectivity index is 1.54. The summed E-state index contributed by atoms with van der Waals surface area (Å²) in [5, 5.41) is 15.1. The van der Waals surface area contributed by atoms with Crippen LogP contribution in [0.4, 0.5) is 0 Å². The van der Waals surface area contributed by atoms with Gasteiger partial charge in [0.2, 0.25) is 12.3 Å². The van der Waals surface area contributed by atoms with Gasteiger partial charge in [0.05, 0.1) is 31.9 Å². The van der Waals surface area contributed by atoms with E-state index in [0.29, 0.717) is 12.1 Å². The van der Waals surface area contributed by atoms with E-state index >= 15 is 0 Å². The molecule has 3 fully saturated rings. The summed E-state index contributed by atoms with van der Waals surface area (Å²) in [6, 6.07) is 0.175. The number of carbonyl (C=O) groups is 3. The summed E-state index contributed by atoms with van der Waals surface area (Å²) in [5.41, 5.74) is 5.62. The van der Waals surface area contributed by atoms with Crippen LogP contribution in [0.15, 0.2) is 16.5 Å². The van der Waals surface area contributed by atoms with Crippen molar-refractivity contribution in [3.63, 3.8) is 0 Å². The van der Waals surface area contributed by atoms with E-state index in [1.165, 1.54) is 0 Å². The molecule has 12 nitrogen and oxygen atoms in total. The predicted octanol–water partition coefficient (Wildman–Crippen LogP) is -2.18. The molecule has 3 aliphatic rings. The molecule has 3 unspecified atom stereocenters. The first kappa shape index (κ1) is 26.1. The van der Waals surface area contributed by atoms with E-state index in [4.69, 9.17) is 10.5 Å². The number of aliphatic hydroxyl groups is 1. The smallest absolute Gasteiger partial charge is 0.272 e. The first-order chi connectivity index (χ1) is 16.4. The third-order valence-corrected chi connectivity index (χ3v) is 6.85. The van der Waals surface area contributed by atoms with Crippen LogP contribution in [0.5, 0.6) is 0 Å². The number of hydrogen-bond donors (Lipinski definition) is 4. The van der Waals surface area contributed by atoms with Crippen molar-refractivity contribution in [2.45, 2.75) is 50.4 Å². The van der Waals surface area contributed by atoms with Crippen molar-refractivity contribution in [1.82, 2.24) is 25.3 Å². The van der Waals surface area contributed by atoms with Crippen molar-refractivity contribution in [1.29, 1.82) is 0 Å². The van der Waals surface area contributed by atoms with Gasteiger partial charge in [-0.05, 0) is 26.0 Å². The molecule has 3 saturated heterocycles. The number of ether oxygens (including phenoxy) is 1. The van der Waals surface area contributed by atoms with Gasteiger partial charge in [0.1, 0.15) is 5.70 Å². The first-order valence-corrected chi connectivity index (χ1v) is 11.9. The second kappa shape index (κ2) is 12.2. The van der Waals surface area contributed by atoms with Crippen LogP contribution in [0.25, 0.3) is 0 Å². The topological polar surface area (TPSA) is 153 Å². The largest absolute Gasteiger partial charge is 0.388 e. The molecule has 12 heteroatoms. The van der Waals surface area contributed by atoms with E-state index in [1.807, 2.05) is 4.90 Å². The van der Waals surface area contributed by atoms with Crippen LogP contribution in [0.2, 0.25) is 0 Å². The Hall–Kier alpha value is -2.54. The minimum atomic E-state index is -0.827. The summed E-state index contributed by atoms with van der Waals surface area (Å²) < 4.78 is 5.14. The number of likely N-dealkylation sites (tertiary alicyclic amines) is 1. The molecule has 0 saturated carbocycles. The highest BCUT2D eigenvalue weighted by Crippen LogP contribution is 2.23. The molecule has 0 aliphatic carbocycles. The fraction of sp³-hybridized carbons (Fsp3) is 0.727. The Kier molecular flexibility index (Phi) is 9.39. The van der Waals surface area contributed by atoms with Crippen LogP contribution in [-0.2, 0) is 19.1 Å². The van der Waals surface area contributed by atoms with Gasteiger partial charge >= 0.3 is 0 Å². The monoisotopic (exact) mass is 479 g/mol. The van der Waals surface area contributed by atoms with Crippen molar-refractivity contribution < 1.29 is 24.2 Å². The quantitative estimate of drug-likeness (QED) is 0.166. The normalized spacial score (nSPS) is 27.7. The number of hydrogen-bond acceptors (Lipinski definition) is 9. The number of nitrogens with one attached hydrogen (secondary N) is 2. The van der Waals surface area contributed by atoms with Gasteiger partial charge < -0.3 is 31.1 Å². The predicted molar refractivity (Wildman–Crippen MR) is 126 cm³/mol. The number of amides is 3.